The van der Waals surface area contributed by atoms with Gasteiger partial charge in [0.25, 0.3) is 5.91 Å². The second-order valence-electron chi connectivity index (χ2n) is 7.23. The van der Waals surface area contributed by atoms with Gasteiger partial charge in [0.1, 0.15) is 0 Å². The number of rotatable bonds is 4. The van der Waals surface area contributed by atoms with Gasteiger partial charge in [0.05, 0.1) is 29.3 Å². The van der Waals surface area contributed by atoms with E-state index in [4.69, 9.17) is 23.8 Å². The van der Waals surface area contributed by atoms with Crippen molar-refractivity contribution < 1.29 is 9.18 Å². The van der Waals surface area contributed by atoms with Gasteiger partial charge in [-0.3, -0.25) is 4.79 Å². The molecule has 160 valence electrons. The number of hydrogen-bond acceptors (Lipinski definition) is 5. The lowest BCUT2D eigenvalue weighted by Gasteiger charge is -2.30. The molecular formula is C23H18ClFN6O. The second kappa shape index (κ2) is 8.29. The summed E-state index contributed by atoms with van der Waals surface area (Å²) in [6.07, 6.45) is 11.2. The van der Waals surface area contributed by atoms with E-state index in [0.29, 0.717) is 22.4 Å². The van der Waals surface area contributed by atoms with Crippen molar-refractivity contribution in [3.8, 4) is 18.2 Å². The van der Waals surface area contributed by atoms with Gasteiger partial charge < -0.3 is 11.1 Å². The van der Waals surface area contributed by atoms with Gasteiger partial charge in [-0.05, 0) is 30.2 Å². The van der Waals surface area contributed by atoms with E-state index in [2.05, 4.69) is 26.4 Å². The van der Waals surface area contributed by atoms with Crippen molar-refractivity contribution >= 4 is 34.5 Å². The molecule has 3 N–H and O–H groups in total. The van der Waals surface area contributed by atoms with Crippen LogP contribution in [0.5, 0.6) is 0 Å². The number of anilines is 2. The number of halogens is 2. The number of carbonyl (C=O) groups excluding carboxylic acids is 1. The zero-order valence-corrected chi connectivity index (χ0v) is 17.8. The van der Waals surface area contributed by atoms with Crippen molar-refractivity contribution in [2.24, 2.45) is 0 Å². The monoisotopic (exact) mass is 448 g/mol. The molecule has 4 rings (SSSR count). The van der Waals surface area contributed by atoms with Gasteiger partial charge in [-0.2, -0.15) is 10.2 Å². The molecule has 3 aromatic rings. The Bertz CT molecular complexity index is 1310. The van der Waals surface area contributed by atoms with Gasteiger partial charge in [-0.25, -0.2) is 9.37 Å². The minimum absolute atomic E-state index is 0.189. The molecule has 2 aromatic heterocycles. The summed E-state index contributed by atoms with van der Waals surface area (Å²) in [6, 6.07) is 8.61. The quantitative estimate of drug-likeness (QED) is 0.464. The second-order valence-corrected chi connectivity index (χ2v) is 7.64. The molecular weight excluding hydrogens is 431 g/mol. The highest BCUT2D eigenvalue weighted by Gasteiger charge is 2.44. The van der Waals surface area contributed by atoms with Crippen molar-refractivity contribution in [2.45, 2.75) is 19.0 Å². The molecule has 0 saturated carbocycles. The van der Waals surface area contributed by atoms with Gasteiger partial charge in [0, 0.05) is 23.2 Å². The molecule has 0 aliphatic heterocycles. The minimum Gasteiger partial charge on any atom is -0.398 e. The van der Waals surface area contributed by atoms with E-state index in [1.165, 1.54) is 29.5 Å². The molecule has 7 nitrogen and oxygen atoms in total. The van der Waals surface area contributed by atoms with Gasteiger partial charge in [-0.15, -0.1) is 11.2 Å². The Morgan fingerprint density at radius 1 is 1.34 bits per heavy atom. The fraction of sp³-hybridized carbons (Fsp3) is 0.130. The third kappa shape index (κ3) is 3.74. The standard InChI is InChI=1S/C23H18ClFN6O/c1-3-15-12-23(25,14(2)10-18(15)17-6-4-5-7-20(17)26)22(32)30-16-11-19(24)21(27-13-16)31-28-8-9-29-31/h1,4-11,13H,12,26H2,2H3,(H,30,32). The van der Waals surface area contributed by atoms with Crippen molar-refractivity contribution in [1.82, 2.24) is 20.0 Å². The topological polar surface area (TPSA) is 98.7 Å². The molecule has 9 heteroatoms. The largest absolute Gasteiger partial charge is 0.398 e. The highest BCUT2D eigenvalue weighted by molar-refractivity contribution is 6.32. The number of nitrogens with zero attached hydrogens (tertiary/aromatic N) is 4. The number of nitrogens with two attached hydrogens (primary N) is 1. The first-order chi connectivity index (χ1) is 15.3. The Morgan fingerprint density at radius 2 is 2.06 bits per heavy atom. The highest BCUT2D eigenvalue weighted by Crippen LogP contribution is 2.41. The normalized spacial score (nSPS) is 18.1. The molecule has 1 aliphatic carbocycles. The number of hydrogen-bond donors (Lipinski definition) is 2. The van der Waals surface area contributed by atoms with E-state index in [1.54, 1.807) is 31.2 Å². The number of carbonyl (C=O) groups is 1. The molecule has 32 heavy (non-hydrogen) atoms. The summed E-state index contributed by atoms with van der Waals surface area (Å²) in [4.78, 5) is 18.3. The SMILES string of the molecule is C#CC1=C(c2ccccc2N)C=C(C)C(F)(C(=O)Nc2cnc(-n3nccn3)c(Cl)c2)C1. The van der Waals surface area contributed by atoms with Crippen LogP contribution in [-0.4, -0.2) is 31.6 Å². The average molecular weight is 449 g/mol. The Labute approximate surface area is 188 Å². The van der Waals surface area contributed by atoms with Gasteiger partial charge in [0.15, 0.2) is 5.82 Å². The van der Waals surface area contributed by atoms with Crippen LogP contribution < -0.4 is 11.1 Å². The Kier molecular flexibility index (Phi) is 5.51. The van der Waals surface area contributed by atoms with Gasteiger partial charge >= 0.3 is 0 Å². The highest BCUT2D eigenvalue weighted by atomic mass is 35.5. The van der Waals surface area contributed by atoms with Crippen LogP contribution in [0, 0.1) is 12.3 Å². The smallest absolute Gasteiger partial charge is 0.266 e. The number of alkyl halides is 1. The van der Waals surface area contributed by atoms with Crippen LogP contribution in [-0.2, 0) is 4.79 Å². The fourth-order valence-electron chi connectivity index (χ4n) is 3.47. The molecule has 2 heterocycles. The number of pyridine rings is 1. The van der Waals surface area contributed by atoms with E-state index < -0.39 is 11.6 Å². The number of terminal acetylenes is 1. The van der Waals surface area contributed by atoms with E-state index in [-0.39, 0.29) is 28.5 Å². The average Bonchev–Trinajstić information content (AvgIpc) is 3.30. The number of nitrogens with one attached hydrogen (secondary N) is 1. The summed E-state index contributed by atoms with van der Waals surface area (Å²) in [5.41, 5.74) is 6.36. The zero-order chi connectivity index (χ0) is 22.9. The molecule has 0 spiro atoms. The van der Waals surface area contributed by atoms with Gasteiger partial charge in [0.2, 0.25) is 5.67 Å². The van der Waals surface area contributed by atoms with Crippen LogP contribution in [0.2, 0.25) is 5.02 Å². The molecule has 1 amide bonds. The predicted molar refractivity (Wildman–Crippen MR) is 122 cm³/mol. The molecule has 1 aliphatic rings. The van der Waals surface area contributed by atoms with E-state index >= 15 is 4.39 Å². The summed E-state index contributed by atoms with van der Waals surface area (Å²) in [5, 5.41) is 10.6. The van der Waals surface area contributed by atoms with Crippen LogP contribution in [0.25, 0.3) is 11.4 Å². The Morgan fingerprint density at radius 3 is 2.72 bits per heavy atom. The Balaban J connectivity index is 1.61. The van der Waals surface area contributed by atoms with Crippen molar-refractivity contribution in [3.63, 3.8) is 0 Å². The molecule has 0 saturated heterocycles. The van der Waals surface area contributed by atoms with E-state index in [0.717, 1.165) is 0 Å². The first-order valence-corrected chi connectivity index (χ1v) is 9.97. The predicted octanol–water partition coefficient (Wildman–Crippen LogP) is 3.98. The van der Waals surface area contributed by atoms with Crippen molar-refractivity contribution in [1.29, 1.82) is 0 Å². The third-order valence-electron chi connectivity index (χ3n) is 5.20. The number of para-hydroxylation sites is 1. The lowest BCUT2D eigenvalue weighted by molar-refractivity contribution is -0.125. The van der Waals surface area contributed by atoms with Crippen LogP contribution >= 0.6 is 11.6 Å². The van der Waals surface area contributed by atoms with E-state index in [1.807, 2.05) is 6.07 Å². The maximum atomic E-state index is 16.0. The first kappa shape index (κ1) is 21.3. The zero-order valence-electron chi connectivity index (χ0n) is 17.0. The molecule has 1 unspecified atom stereocenters. The number of allylic oxidation sites excluding steroid dienone is 3. The first-order valence-electron chi connectivity index (χ1n) is 9.59. The summed E-state index contributed by atoms with van der Waals surface area (Å²) >= 11 is 6.24. The number of amides is 1. The third-order valence-corrected chi connectivity index (χ3v) is 5.48. The fourth-order valence-corrected chi connectivity index (χ4v) is 3.71. The number of benzene rings is 1. The molecule has 0 bridgehead atoms. The van der Waals surface area contributed by atoms with Crippen molar-refractivity contribution in [2.75, 3.05) is 11.1 Å². The summed E-state index contributed by atoms with van der Waals surface area (Å²) in [6.45, 7) is 1.55. The van der Waals surface area contributed by atoms with Crippen LogP contribution in [0.15, 0.2) is 66.1 Å². The molecule has 1 atom stereocenters. The lowest BCUT2D eigenvalue weighted by atomic mass is 9.79. The van der Waals surface area contributed by atoms with Crippen LogP contribution in [0.3, 0.4) is 0 Å². The maximum Gasteiger partial charge on any atom is 0.266 e. The van der Waals surface area contributed by atoms with Crippen LogP contribution in [0.4, 0.5) is 15.8 Å². The summed E-state index contributed by atoms with van der Waals surface area (Å²) in [7, 11) is 0. The van der Waals surface area contributed by atoms with Crippen LogP contribution in [0.1, 0.15) is 18.9 Å². The van der Waals surface area contributed by atoms with E-state index in [9.17, 15) is 4.79 Å². The maximum absolute atomic E-state index is 16.0. The lowest BCUT2D eigenvalue weighted by Crippen LogP contribution is -2.41. The summed E-state index contributed by atoms with van der Waals surface area (Å²) in [5.74, 6) is 1.92. The Hall–Kier alpha value is -3.96. The number of nitrogen functional groups attached to an aromatic ring is 1. The molecule has 1 aromatic carbocycles. The van der Waals surface area contributed by atoms with Gasteiger partial charge in [-0.1, -0.05) is 41.8 Å². The number of aromatic nitrogens is 4. The molecule has 0 radical (unpaired) electrons. The van der Waals surface area contributed by atoms with Crippen molar-refractivity contribution in [3.05, 3.63) is 76.7 Å². The molecule has 0 fully saturated rings. The minimum atomic E-state index is -2.34. The summed E-state index contributed by atoms with van der Waals surface area (Å²) < 4.78 is 16.0.